The minimum absolute atomic E-state index is 0.951. The van der Waals surface area contributed by atoms with Crippen molar-refractivity contribution >= 4 is 33.8 Å². The second-order valence-corrected chi connectivity index (χ2v) is 28.5. The van der Waals surface area contributed by atoms with E-state index < -0.39 is 33.8 Å². The molecule has 0 amide bonds. The standard InChI is InChI=1S/C21H53NO3Si4/c1-12-13-14-15-16-17-19-22(2)20-18-21-29(23-26(3,4)5,24-27(6,7)8)25-28(9,10)11/h12-21H2,1-11H3. The molecule has 176 valence electrons. The highest BCUT2D eigenvalue weighted by atomic mass is 28.5. The highest BCUT2D eigenvalue weighted by Crippen LogP contribution is 2.30. The second kappa shape index (κ2) is 13.3. The Morgan fingerprint density at radius 2 is 0.931 bits per heavy atom. The fourth-order valence-electron chi connectivity index (χ4n) is 3.45. The van der Waals surface area contributed by atoms with Crippen LogP contribution in [0, 0.1) is 0 Å². The highest BCUT2D eigenvalue weighted by molar-refractivity contribution is 6.90. The molecule has 0 heterocycles. The van der Waals surface area contributed by atoms with E-state index in [4.69, 9.17) is 12.3 Å². The Morgan fingerprint density at radius 3 is 1.34 bits per heavy atom. The molecule has 8 heteroatoms. The Hall–Kier alpha value is 0.708. The molecule has 0 N–H and O–H groups in total. The number of hydrogen-bond acceptors (Lipinski definition) is 4. The van der Waals surface area contributed by atoms with Crippen molar-refractivity contribution in [3.63, 3.8) is 0 Å². The van der Waals surface area contributed by atoms with Crippen molar-refractivity contribution < 1.29 is 12.3 Å². The maximum Gasteiger partial charge on any atom is 0.469 e. The summed E-state index contributed by atoms with van der Waals surface area (Å²) in [5, 5.41) is 0. The van der Waals surface area contributed by atoms with E-state index in [1.54, 1.807) is 0 Å². The van der Waals surface area contributed by atoms with E-state index >= 15 is 0 Å². The van der Waals surface area contributed by atoms with Gasteiger partial charge < -0.3 is 17.2 Å². The molecular formula is C21H53NO3Si4. The van der Waals surface area contributed by atoms with Gasteiger partial charge in [-0.05, 0) is 91.9 Å². The first-order chi connectivity index (χ1) is 13.1. The third-order valence-electron chi connectivity index (χ3n) is 4.30. The zero-order valence-corrected chi connectivity index (χ0v) is 25.7. The Balaban J connectivity index is 4.85. The van der Waals surface area contributed by atoms with Crippen LogP contribution in [0.4, 0.5) is 0 Å². The smallest absolute Gasteiger partial charge is 0.417 e. The SMILES string of the molecule is CCCCCCCCN(C)CCC[Si](O[Si](C)(C)C)(O[Si](C)(C)C)O[Si](C)(C)C. The van der Waals surface area contributed by atoms with Gasteiger partial charge >= 0.3 is 8.80 Å². The van der Waals surface area contributed by atoms with Crippen LogP contribution in [0.2, 0.25) is 65.0 Å². The summed E-state index contributed by atoms with van der Waals surface area (Å²) >= 11 is 0. The van der Waals surface area contributed by atoms with Crippen molar-refractivity contribution in [2.45, 2.75) is 117 Å². The van der Waals surface area contributed by atoms with Crippen LogP contribution in [0.1, 0.15) is 51.9 Å². The van der Waals surface area contributed by atoms with Gasteiger partial charge in [0.1, 0.15) is 0 Å². The summed E-state index contributed by atoms with van der Waals surface area (Å²) in [6.07, 6.45) is 9.25. The normalized spacial score (nSPS) is 14.1. The third-order valence-corrected chi connectivity index (χ3v) is 16.3. The Bertz CT molecular complexity index is 390. The quantitative estimate of drug-likeness (QED) is 0.163. The molecule has 0 unspecified atom stereocenters. The fraction of sp³-hybridized carbons (Fsp3) is 1.00. The van der Waals surface area contributed by atoms with Gasteiger partial charge in [-0.1, -0.05) is 39.0 Å². The number of nitrogens with zero attached hydrogens (tertiary/aromatic N) is 1. The molecular weight excluding hydrogens is 427 g/mol. The zero-order valence-electron chi connectivity index (χ0n) is 21.7. The molecule has 0 saturated heterocycles. The lowest BCUT2D eigenvalue weighted by atomic mass is 10.1. The number of rotatable bonds is 17. The molecule has 0 spiro atoms. The molecule has 0 radical (unpaired) electrons. The summed E-state index contributed by atoms with van der Waals surface area (Å²) in [5.41, 5.74) is 0. The summed E-state index contributed by atoms with van der Waals surface area (Å²) in [6.45, 7) is 25.0. The van der Waals surface area contributed by atoms with Crippen molar-refractivity contribution in [1.82, 2.24) is 4.90 Å². The summed E-state index contributed by atoms with van der Waals surface area (Å²) < 4.78 is 20.3. The molecule has 0 aliphatic carbocycles. The Labute approximate surface area is 187 Å². The molecule has 29 heavy (non-hydrogen) atoms. The fourth-order valence-corrected chi connectivity index (χ4v) is 18.1. The van der Waals surface area contributed by atoms with Crippen LogP contribution in [0.25, 0.3) is 0 Å². The van der Waals surface area contributed by atoms with Crippen molar-refractivity contribution in [3.8, 4) is 0 Å². The molecule has 0 bridgehead atoms. The summed E-state index contributed by atoms with van der Waals surface area (Å²) in [4.78, 5) is 2.48. The number of hydrogen-bond donors (Lipinski definition) is 0. The minimum atomic E-state index is -2.66. The molecule has 0 aliphatic rings. The molecule has 0 atom stereocenters. The van der Waals surface area contributed by atoms with Crippen molar-refractivity contribution in [1.29, 1.82) is 0 Å². The van der Waals surface area contributed by atoms with Gasteiger partial charge in [0.05, 0.1) is 0 Å². The molecule has 0 aromatic heterocycles. The van der Waals surface area contributed by atoms with E-state index in [0.29, 0.717) is 0 Å². The lowest BCUT2D eigenvalue weighted by Gasteiger charge is -2.43. The molecule has 4 nitrogen and oxygen atoms in total. The topological polar surface area (TPSA) is 30.9 Å². The van der Waals surface area contributed by atoms with Gasteiger partial charge in [-0.15, -0.1) is 0 Å². The lowest BCUT2D eigenvalue weighted by Crippen LogP contribution is -2.60. The van der Waals surface area contributed by atoms with Crippen LogP contribution in [0.15, 0.2) is 0 Å². The van der Waals surface area contributed by atoms with Crippen LogP contribution in [-0.2, 0) is 12.3 Å². The van der Waals surface area contributed by atoms with Crippen molar-refractivity contribution in [3.05, 3.63) is 0 Å². The molecule has 0 saturated carbocycles. The molecule has 0 aromatic rings. The van der Waals surface area contributed by atoms with Gasteiger partial charge in [0.25, 0.3) is 0 Å². The Kier molecular flexibility index (Phi) is 13.6. The zero-order chi connectivity index (χ0) is 22.8. The van der Waals surface area contributed by atoms with Crippen LogP contribution < -0.4 is 0 Å². The average molecular weight is 480 g/mol. The van der Waals surface area contributed by atoms with Crippen LogP contribution in [-0.4, -0.2) is 58.8 Å². The van der Waals surface area contributed by atoms with Gasteiger partial charge in [-0.2, -0.15) is 0 Å². The monoisotopic (exact) mass is 479 g/mol. The predicted octanol–water partition coefficient (Wildman–Crippen LogP) is 7.16. The van der Waals surface area contributed by atoms with E-state index in [-0.39, 0.29) is 0 Å². The third kappa shape index (κ3) is 18.0. The number of unbranched alkanes of at least 4 members (excludes halogenated alkanes) is 5. The van der Waals surface area contributed by atoms with Crippen LogP contribution in [0.5, 0.6) is 0 Å². The maximum absolute atomic E-state index is 6.78. The van der Waals surface area contributed by atoms with Crippen molar-refractivity contribution in [2.24, 2.45) is 0 Å². The van der Waals surface area contributed by atoms with E-state index in [1.165, 1.54) is 45.1 Å². The highest BCUT2D eigenvalue weighted by Gasteiger charge is 2.49. The van der Waals surface area contributed by atoms with Gasteiger partial charge in [-0.25, -0.2) is 0 Å². The van der Waals surface area contributed by atoms with E-state index in [1.807, 2.05) is 0 Å². The molecule has 0 aromatic carbocycles. The lowest BCUT2D eigenvalue weighted by molar-refractivity contribution is 0.244. The van der Waals surface area contributed by atoms with Gasteiger partial charge in [-0.3, -0.25) is 0 Å². The first kappa shape index (κ1) is 29.7. The summed E-state index contributed by atoms with van der Waals surface area (Å²) in [6, 6.07) is 0.951. The maximum atomic E-state index is 6.78. The van der Waals surface area contributed by atoms with E-state index in [9.17, 15) is 0 Å². The summed E-state index contributed by atoms with van der Waals surface area (Å²) in [7, 11) is -5.70. The van der Waals surface area contributed by atoms with Crippen molar-refractivity contribution in [2.75, 3.05) is 20.1 Å². The average Bonchev–Trinajstić information content (AvgIpc) is 2.45. The largest absolute Gasteiger partial charge is 0.469 e. The van der Waals surface area contributed by atoms with Crippen LogP contribution >= 0.6 is 0 Å². The molecule has 0 rings (SSSR count). The Morgan fingerprint density at radius 1 is 0.552 bits per heavy atom. The first-order valence-corrected chi connectivity index (χ1v) is 24.0. The molecule has 0 fully saturated rings. The first-order valence-electron chi connectivity index (χ1n) is 11.9. The van der Waals surface area contributed by atoms with Gasteiger partial charge in [0.15, 0.2) is 25.0 Å². The van der Waals surface area contributed by atoms with Crippen LogP contribution in [0.3, 0.4) is 0 Å². The predicted molar refractivity (Wildman–Crippen MR) is 139 cm³/mol. The van der Waals surface area contributed by atoms with E-state index in [2.05, 4.69) is 77.8 Å². The van der Waals surface area contributed by atoms with Gasteiger partial charge in [0, 0.05) is 6.04 Å². The van der Waals surface area contributed by atoms with E-state index in [0.717, 1.165) is 19.0 Å². The molecule has 0 aliphatic heterocycles. The van der Waals surface area contributed by atoms with Gasteiger partial charge in [0.2, 0.25) is 0 Å². The minimum Gasteiger partial charge on any atom is -0.417 e. The summed E-state index contributed by atoms with van der Waals surface area (Å²) in [5.74, 6) is 0. The second-order valence-electron chi connectivity index (χ2n) is 11.5.